The van der Waals surface area contributed by atoms with Gasteiger partial charge in [-0.2, -0.15) is 13.2 Å². The summed E-state index contributed by atoms with van der Waals surface area (Å²) in [5.74, 6) is -2.59. The average Bonchev–Trinajstić information content (AvgIpc) is 3.32. The number of anilines is 1. The van der Waals surface area contributed by atoms with E-state index in [9.17, 15) is 27.6 Å². The minimum absolute atomic E-state index is 0.0256. The van der Waals surface area contributed by atoms with Crippen molar-refractivity contribution in [3.8, 4) is 0 Å². The van der Waals surface area contributed by atoms with Crippen LogP contribution >= 0.6 is 0 Å². The monoisotopic (exact) mass is 460 g/mol. The molecule has 0 spiro atoms. The quantitative estimate of drug-likeness (QED) is 0.498. The third-order valence-electron chi connectivity index (χ3n) is 4.47. The number of hydrogen-bond donors (Lipinski definition) is 2. The molecule has 10 heteroatoms. The maximum atomic E-state index is 13.1. The van der Waals surface area contributed by atoms with Crippen LogP contribution in [0.5, 0.6) is 0 Å². The Labute approximate surface area is 186 Å². The van der Waals surface area contributed by atoms with Gasteiger partial charge in [0.2, 0.25) is 0 Å². The molecule has 172 valence electrons. The summed E-state index contributed by atoms with van der Waals surface area (Å²) in [6, 6.07) is 14.9. The second-order valence-corrected chi connectivity index (χ2v) is 6.89. The van der Waals surface area contributed by atoms with E-state index in [2.05, 4.69) is 10.6 Å². The van der Waals surface area contributed by atoms with Crippen LogP contribution in [0.25, 0.3) is 0 Å². The summed E-state index contributed by atoms with van der Waals surface area (Å²) in [5, 5.41) is 4.57. The minimum atomic E-state index is -4.67. The Balaban J connectivity index is 1.65. The predicted molar refractivity (Wildman–Crippen MR) is 111 cm³/mol. The molecular weight excluding hydrogens is 441 g/mol. The van der Waals surface area contributed by atoms with Gasteiger partial charge >= 0.3 is 12.1 Å². The van der Waals surface area contributed by atoms with Crippen LogP contribution in [0.15, 0.2) is 77.4 Å². The van der Waals surface area contributed by atoms with Crippen molar-refractivity contribution in [3.05, 3.63) is 89.9 Å². The van der Waals surface area contributed by atoms with Crippen molar-refractivity contribution in [1.29, 1.82) is 0 Å². The topological polar surface area (TPSA) is 97.6 Å². The van der Waals surface area contributed by atoms with Crippen molar-refractivity contribution in [2.24, 2.45) is 0 Å². The van der Waals surface area contributed by atoms with Gasteiger partial charge in [-0.1, -0.05) is 42.5 Å². The molecule has 0 fully saturated rings. The smallest absolute Gasteiger partial charge is 0.418 e. The van der Waals surface area contributed by atoms with Gasteiger partial charge in [0.1, 0.15) is 6.04 Å². The molecule has 0 aliphatic rings. The fraction of sp³-hybridized carbons (Fsp3) is 0.174. The molecule has 0 aliphatic carbocycles. The highest BCUT2D eigenvalue weighted by molar-refractivity contribution is 5.96. The summed E-state index contributed by atoms with van der Waals surface area (Å²) in [6.07, 6.45) is -3.31. The fourth-order valence-electron chi connectivity index (χ4n) is 2.94. The summed E-state index contributed by atoms with van der Waals surface area (Å²) in [4.78, 5) is 37.1. The van der Waals surface area contributed by atoms with Crippen LogP contribution in [0, 0.1) is 0 Å². The van der Waals surface area contributed by atoms with Crippen molar-refractivity contribution in [2.75, 3.05) is 11.9 Å². The molecule has 7 nitrogen and oxygen atoms in total. The second kappa shape index (κ2) is 10.5. The van der Waals surface area contributed by atoms with Crippen molar-refractivity contribution in [2.45, 2.75) is 18.6 Å². The molecule has 1 atom stereocenters. The lowest BCUT2D eigenvalue weighted by molar-refractivity contribution is -0.149. The number of carbonyl (C=O) groups excluding carboxylic acids is 3. The lowest BCUT2D eigenvalue weighted by Gasteiger charge is -2.18. The van der Waals surface area contributed by atoms with Gasteiger partial charge < -0.3 is 19.8 Å². The Kier molecular flexibility index (Phi) is 7.50. The van der Waals surface area contributed by atoms with Gasteiger partial charge in [0, 0.05) is 6.42 Å². The van der Waals surface area contributed by atoms with Crippen LogP contribution in [0.1, 0.15) is 21.7 Å². The summed E-state index contributed by atoms with van der Waals surface area (Å²) in [6.45, 7) is -0.840. The zero-order valence-corrected chi connectivity index (χ0v) is 17.1. The number of benzene rings is 2. The maximum Gasteiger partial charge on any atom is 0.418 e. The average molecular weight is 460 g/mol. The van der Waals surface area contributed by atoms with Crippen LogP contribution in [0.2, 0.25) is 0 Å². The van der Waals surface area contributed by atoms with E-state index in [1.165, 1.54) is 30.5 Å². The number of amides is 2. The number of alkyl halides is 3. The van der Waals surface area contributed by atoms with E-state index in [-0.39, 0.29) is 12.2 Å². The van der Waals surface area contributed by atoms with Gasteiger partial charge in [0.15, 0.2) is 12.4 Å². The largest absolute Gasteiger partial charge is 0.459 e. The van der Waals surface area contributed by atoms with Crippen molar-refractivity contribution in [1.82, 2.24) is 5.32 Å². The number of hydrogen-bond acceptors (Lipinski definition) is 5. The Hall–Kier alpha value is -4.08. The van der Waals surface area contributed by atoms with Crippen molar-refractivity contribution in [3.63, 3.8) is 0 Å². The standard InChI is InChI=1S/C23H19F3N2O5/c24-23(25,26)16-9-4-5-10-17(16)27-20(29)14-33-22(31)18(13-15-7-2-1-3-8-15)28-21(30)19-11-6-12-32-19/h1-12,18H,13-14H2,(H,27,29)(H,28,30)/t18-/m0/s1. The highest BCUT2D eigenvalue weighted by Gasteiger charge is 2.33. The van der Waals surface area contributed by atoms with Gasteiger partial charge in [0.25, 0.3) is 11.8 Å². The molecule has 3 aromatic rings. The summed E-state index contributed by atoms with van der Waals surface area (Å²) >= 11 is 0. The van der Waals surface area contributed by atoms with Gasteiger partial charge in [-0.15, -0.1) is 0 Å². The van der Waals surface area contributed by atoms with Crippen molar-refractivity contribution >= 4 is 23.5 Å². The van der Waals surface area contributed by atoms with E-state index in [1.54, 1.807) is 30.3 Å². The fourth-order valence-corrected chi connectivity index (χ4v) is 2.94. The van der Waals surface area contributed by atoms with Crippen LogP contribution in [-0.2, 0) is 26.9 Å². The molecule has 2 aromatic carbocycles. The van der Waals surface area contributed by atoms with Gasteiger partial charge in [-0.25, -0.2) is 4.79 Å². The van der Waals surface area contributed by atoms with Crippen LogP contribution in [0.4, 0.5) is 18.9 Å². The van der Waals surface area contributed by atoms with E-state index in [4.69, 9.17) is 9.15 Å². The predicted octanol–water partition coefficient (Wildman–Crippen LogP) is 3.82. The van der Waals surface area contributed by atoms with E-state index in [0.717, 1.165) is 12.1 Å². The van der Waals surface area contributed by atoms with Gasteiger partial charge in [-0.3, -0.25) is 9.59 Å². The number of para-hydroxylation sites is 1. The van der Waals surface area contributed by atoms with Crippen LogP contribution in [0.3, 0.4) is 0 Å². The van der Waals surface area contributed by atoms with Crippen LogP contribution < -0.4 is 10.6 Å². The second-order valence-electron chi connectivity index (χ2n) is 6.89. The lowest BCUT2D eigenvalue weighted by atomic mass is 10.1. The molecule has 0 unspecified atom stereocenters. The number of furan rings is 1. The Bertz CT molecular complexity index is 1100. The highest BCUT2D eigenvalue weighted by Crippen LogP contribution is 2.34. The molecule has 1 heterocycles. The van der Waals surface area contributed by atoms with Crippen molar-refractivity contribution < 1.29 is 36.7 Å². The first kappa shape index (κ1) is 23.6. The molecular formula is C23H19F3N2O5. The number of nitrogens with one attached hydrogen (secondary N) is 2. The molecule has 33 heavy (non-hydrogen) atoms. The van der Waals surface area contributed by atoms with E-state index >= 15 is 0 Å². The molecule has 0 aliphatic heterocycles. The number of esters is 1. The summed E-state index contributed by atoms with van der Waals surface area (Å²) in [7, 11) is 0. The summed E-state index contributed by atoms with van der Waals surface area (Å²) in [5.41, 5.74) is -0.780. The van der Waals surface area contributed by atoms with Crippen LogP contribution in [-0.4, -0.2) is 30.4 Å². The molecule has 2 amide bonds. The molecule has 2 N–H and O–H groups in total. The zero-order chi connectivity index (χ0) is 23.8. The first-order chi connectivity index (χ1) is 15.7. The molecule has 0 saturated heterocycles. The molecule has 0 radical (unpaired) electrons. The summed E-state index contributed by atoms with van der Waals surface area (Å²) < 4.78 is 49.2. The van der Waals surface area contributed by atoms with E-state index in [1.807, 2.05) is 0 Å². The lowest BCUT2D eigenvalue weighted by Crippen LogP contribution is -2.44. The maximum absolute atomic E-state index is 13.1. The highest BCUT2D eigenvalue weighted by atomic mass is 19.4. The first-order valence-corrected chi connectivity index (χ1v) is 9.75. The Morgan fingerprint density at radius 3 is 2.30 bits per heavy atom. The SMILES string of the molecule is O=C(COC(=O)[C@H](Cc1ccccc1)NC(=O)c1ccco1)Nc1ccccc1C(F)(F)F. The Morgan fingerprint density at radius 1 is 0.939 bits per heavy atom. The third-order valence-corrected chi connectivity index (χ3v) is 4.47. The number of halogens is 3. The normalized spacial score (nSPS) is 12.0. The molecule has 0 saturated carbocycles. The Morgan fingerprint density at radius 2 is 1.64 bits per heavy atom. The zero-order valence-electron chi connectivity index (χ0n) is 17.1. The van der Waals surface area contributed by atoms with E-state index in [0.29, 0.717) is 5.56 Å². The first-order valence-electron chi connectivity index (χ1n) is 9.75. The third kappa shape index (κ3) is 6.70. The number of carbonyl (C=O) groups is 3. The number of ether oxygens (including phenoxy) is 1. The van der Waals surface area contributed by atoms with Gasteiger partial charge in [0.05, 0.1) is 17.5 Å². The molecule has 1 aromatic heterocycles. The molecule has 0 bridgehead atoms. The molecule has 3 rings (SSSR count). The number of rotatable bonds is 8. The van der Waals surface area contributed by atoms with E-state index < -0.39 is 47.9 Å². The van der Waals surface area contributed by atoms with Gasteiger partial charge in [-0.05, 0) is 29.8 Å². The minimum Gasteiger partial charge on any atom is -0.459 e.